The highest BCUT2D eigenvalue weighted by atomic mass is 32.2. The number of carbonyl (C=O) groups is 1. The summed E-state index contributed by atoms with van der Waals surface area (Å²) in [7, 11) is -3.90. The molecular formula is C12H18N2O4S. The Balaban J connectivity index is 2.21. The van der Waals surface area contributed by atoms with E-state index in [0.29, 0.717) is 6.54 Å². The minimum atomic E-state index is -3.90. The first kappa shape index (κ1) is 14.1. The van der Waals surface area contributed by atoms with Gasteiger partial charge in [-0.3, -0.25) is 4.79 Å². The molecule has 2 heterocycles. The minimum Gasteiger partial charge on any atom is -0.438 e. The summed E-state index contributed by atoms with van der Waals surface area (Å²) in [5.41, 5.74) is 0. The van der Waals surface area contributed by atoms with Crippen LogP contribution in [0.15, 0.2) is 21.6 Å². The number of hydrogen-bond donors (Lipinski definition) is 1. The molecule has 106 valence electrons. The van der Waals surface area contributed by atoms with E-state index >= 15 is 0 Å². The Kier molecular flexibility index (Phi) is 3.96. The zero-order valence-corrected chi connectivity index (χ0v) is 11.6. The number of likely N-dealkylation sites (tertiary alicyclic amines) is 1. The Morgan fingerprint density at radius 3 is 2.79 bits per heavy atom. The lowest BCUT2D eigenvalue weighted by Gasteiger charge is -2.34. The largest absolute Gasteiger partial charge is 0.438 e. The molecule has 0 aliphatic carbocycles. The summed E-state index contributed by atoms with van der Waals surface area (Å²) < 4.78 is 27.3. The van der Waals surface area contributed by atoms with Gasteiger partial charge in [-0.05, 0) is 37.8 Å². The molecule has 0 aromatic carbocycles. The van der Waals surface area contributed by atoms with Crippen LogP contribution in [0.25, 0.3) is 0 Å². The molecule has 1 aromatic rings. The monoisotopic (exact) mass is 286 g/mol. The van der Waals surface area contributed by atoms with E-state index < -0.39 is 10.0 Å². The Morgan fingerprint density at radius 1 is 1.47 bits per heavy atom. The van der Waals surface area contributed by atoms with E-state index in [1.54, 1.807) is 4.90 Å². The molecule has 1 amide bonds. The van der Waals surface area contributed by atoms with E-state index in [0.717, 1.165) is 25.7 Å². The summed E-state index contributed by atoms with van der Waals surface area (Å²) in [6.45, 7) is 2.72. The zero-order chi connectivity index (χ0) is 14.0. The number of sulfonamides is 1. The SMILES string of the molecule is CCC1CCCCN1C(=O)c1ccc(S(N)(=O)=O)o1. The van der Waals surface area contributed by atoms with Crippen LogP contribution in [0.2, 0.25) is 0 Å². The summed E-state index contributed by atoms with van der Waals surface area (Å²) in [6, 6.07) is 2.78. The summed E-state index contributed by atoms with van der Waals surface area (Å²) in [6.07, 6.45) is 3.94. The second-order valence-electron chi connectivity index (χ2n) is 4.72. The van der Waals surface area contributed by atoms with Gasteiger partial charge in [-0.2, -0.15) is 0 Å². The number of furan rings is 1. The van der Waals surface area contributed by atoms with Crippen LogP contribution in [0.4, 0.5) is 0 Å². The Morgan fingerprint density at radius 2 is 2.21 bits per heavy atom. The van der Waals surface area contributed by atoms with Crippen LogP contribution in [0.1, 0.15) is 43.2 Å². The number of rotatable bonds is 3. The van der Waals surface area contributed by atoms with Crippen LogP contribution in [-0.2, 0) is 10.0 Å². The van der Waals surface area contributed by atoms with Crippen molar-refractivity contribution in [2.45, 2.75) is 43.7 Å². The molecule has 0 bridgehead atoms. The zero-order valence-electron chi connectivity index (χ0n) is 10.8. The molecule has 19 heavy (non-hydrogen) atoms. The van der Waals surface area contributed by atoms with E-state index in [4.69, 9.17) is 9.56 Å². The Labute approximate surface area is 112 Å². The van der Waals surface area contributed by atoms with Gasteiger partial charge in [0.25, 0.3) is 15.9 Å². The molecule has 2 rings (SSSR count). The van der Waals surface area contributed by atoms with E-state index in [9.17, 15) is 13.2 Å². The fraction of sp³-hybridized carbons (Fsp3) is 0.583. The fourth-order valence-corrected chi connectivity index (χ4v) is 2.89. The number of piperidine rings is 1. The molecule has 1 aromatic heterocycles. The lowest BCUT2D eigenvalue weighted by molar-refractivity contribution is 0.0570. The average Bonchev–Trinajstić information content (AvgIpc) is 2.87. The Hall–Kier alpha value is -1.34. The second-order valence-corrected chi connectivity index (χ2v) is 6.21. The van der Waals surface area contributed by atoms with Crippen LogP contribution in [0, 0.1) is 0 Å². The van der Waals surface area contributed by atoms with E-state index in [2.05, 4.69) is 0 Å². The molecule has 1 aliphatic heterocycles. The second kappa shape index (κ2) is 5.34. The fourth-order valence-electron chi connectivity index (χ4n) is 2.42. The first-order valence-electron chi connectivity index (χ1n) is 6.37. The standard InChI is InChI=1S/C12H18N2O4S/c1-2-9-5-3-4-8-14(9)12(15)10-6-7-11(18-10)19(13,16)17/h6-7,9H,2-5,8H2,1H3,(H2,13,16,17). The number of primary sulfonamides is 1. The maximum absolute atomic E-state index is 12.3. The first-order valence-corrected chi connectivity index (χ1v) is 7.91. The number of amides is 1. The van der Waals surface area contributed by atoms with Gasteiger partial charge in [0.2, 0.25) is 5.09 Å². The van der Waals surface area contributed by atoms with E-state index in [-0.39, 0.29) is 22.8 Å². The number of carbonyl (C=O) groups excluding carboxylic acids is 1. The third-order valence-corrected chi connectivity index (χ3v) is 4.21. The number of hydrogen-bond acceptors (Lipinski definition) is 4. The van der Waals surface area contributed by atoms with Crippen molar-refractivity contribution in [2.75, 3.05) is 6.54 Å². The molecule has 1 saturated heterocycles. The average molecular weight is 286 g/mol. The van der Waals surface area contributed by atoms with Crippen LogP contribution < -0.4 is 5.14 Å². The normalized spacial score (nSPS) is 20.5. The third kappa shape index (κ3) is 2.98. The summed E-state index contributed by atoms with van der Waals surface area (Å²) in [5.74, 6) is -0.231. The molecule has 1 fully saturated rings. The Bertz CT molecular complexity index is 564. The molecule has 7 heteroatoms. The highest BCUT2D eigenvalue weighted by Crippen LogP contribution is 2.23. The van der Waals surface area contributed by atoms with Crippen molar-refractivity contribution in [1.29, 1.82) is 0 Å². The van der Waals surface area contributed by atoms with Gasteiger partial charge in [0.15, 0.2) is 5.76 Å². The molecule has 0 spiro atoms. The molecular weight excluding hydrogens is 268 g/mol. The minimum absolute atomic E-state index is 0.0318. The van der Waals surface area contributed by atoms with Crippen LogP contribution in [0.5, 0.6) is 0 Å². The highest BCUT2D eigenvalue weighted by molar-refractivity contribution is 7.89. The van der Waals surface area contributed by atoms with Crippen molar-refractivity contribution < 1.29 is 17.6 Å². The molecule has 6 nitrogen and oxygen atoms in total. The predicted molar refractivity (Wildman–Crippen MR) is 69.0 cm³/mol. The smallest absolute Gasteiger partial charge is 0.289 e. The van der Waals surface area contributed by atoms with Gasteiger partial charge in [0.05, 0.1) is 0 Å². The van der Waals surface area contributed by atoms with Gasteiger partial charge in [0.1, 0.15) is 0 Å². The van der Waals surface area contributed by atoms with Crippen molar-refractivity contribution in [2.24, 2.45) is 5.14 Å². The lowest BCUT2D eigenvalue weighted by Crippen LogP contribution is -2.43. The van der Waals surface area contributed by atoms with Gasteiger partial charge in [-0.1, -0.05) is 6.92 Å². The summed E-state index contributed by atoms with van der Waals surface area (Å²) in [4.78, 5) is 14.1. The highest BCUT2D eigenvalue weighted by Gasteiger charge is 2.28. The third-order valence-electron chi connectivity index (χ3n) is 3.43. The van der Waals surface area contributed by atoms with Gasteiger partial charge in [-0.25, -0.2) is 13.6 Å². The maximum Gasteiger partial charge on any atom is 0.289 e. The van der Waals surface area contributed by atoms with Gasteiger partial charge in [0, 0.05) is 12.6 Å². The quantitative estimate of drug-likeness (QED) is 0.907. The van der Waals surface area contributed by atoms with Crippen molar-refractivity contribution in [1.82, 2.24) is 4.90 Å². The molecule has 1 aliphatic rings. The van der Waals surface area contributed by atoms with Gasteiger partial charge in [-0.15, -0.1) is 0 Å². The number of nitrogens with zero attached hydrogens (tertiary/aromatic N) is 1. The topological polar surface area (TPSA) is 93.6 Å². The van der Waals surface area contributed by atoms with E-state index in [1.165, 1.54) is 12.1 Å². The maximum atomic E-state index is 12.3. The predicted octanol–water partition coefficient (Wildman–Crippen LogP) is 1.33. The van der Waals surface area contributed by atoms with Crippen molar-refractivity contribution in [3.63, 3.8) is 0 Å². The lowest BCUT2D eigenvalue weighted by atomic mass is 10.00. The molecule has 1 unspecified atom stereocenters. The van der Waals surface area contributed by atoms with Crippen LogP contribution in [-0.4, -0.2) is 31.8 Å². The molecule has 0 saturated carbocycles. The van der Waals surface area contributed by atoms with Crippen LogP contribution in [0.3, 0.4) is 0 Å². The van der Waals surface area contributed by atoms with Crippen LogP contribution >= 0.6 is 0 Å². The summed E-state index contributed by atoms with van der Waals surface area (Å²) in [5, 5.41) is 4.58. The number of nitrogens with two attached hydrogens (primary N) is 1. The van der Waals surface area contributed by atoms with E-state index in [1.807, 2.05) is 6.92 Å². The van der Waals surface area contributed by atoms with Crippen molar-refractivity contribution in [3.8, 4) is 0 Å². The first-order chi connectivity index (χ1) is 8.93. The van der Waals surface area contributed by atoms with Crippen molar-refractivity contribution in [3.05, 3.63) is 17.9 Å². The molecule has 2 N–H and O–H groups in total. The summed E-state index contributed by atoms with van der Waals surface area (Å²) >= 11 is 0. The molecule has 1 atom stereocenters. The molecule has 0 radical (unpaired) electrons. The van der Waals surface area contributed by atoms with Gasteiger partial charge >= 0.3 is 0 Å². The van der Waals surface area contributed by atoms with Gasteiger partial charge < -0.3 is 9.32 Å². The van der Waals surface area contributed by atoms with Crippen molar-refractivity contribution >= 4 is 15.9 Å².